The third-order valence-corrected chi connectivity index (χ3v) is 4.23. The second kappa shape index (κ2) is 5.21. The van der Waals surface area contributed by atoms with E-state index in [9.17, 15) is 4.79 Å². The molecule has 0 unspecified atom stereocenters. The Morgan fingerprint density at radius 2 is 1.33 bits per heavy atom. The van der Waals surface area contributed by atoms with Crippen molar-refractivity contribution in [3.8, 4) is 0 Å². The third kappa shape index (κ3) is 2.35. The zero-order chi connectivity index (χ0) is 15.0. The Balaban J connectivity index is 2.20. The Hall–Kier alpha value is -1.77. The molecule has 2 aromatic rings. The van der Waals surface area contributed by atoms with Gasteiger partial charge in [-0.05, 0) is 35.4 Å². The highest BCUT2D eigenvalue weighted by atomic mass is 35.5. The van der Waals surface area contributed by atoms with Crippen molar-refractivity contribution >= 4 is 29.2 Å². The number of benzene rings is 2. The fourth-order valence-electron chi connectivity index (χ4n) is 2.70. The van der Waals surface area contributed by atoms with Gasteiger partial charge in [0.15, 0.2) is 0 Å². The number of carbonyl (C=O) groups is 1. The summed E-state index contributed by atoms with van der Waals surface area (Å²) < 4.78 is 5.25. The average molecular weight is 319 g/mol. The number of halogens is 2. The molecular weight excluding hydrogens is 307 g/mol. The van der Waals surface area contributed by atoms with Gasteiger partial charge in [0.25, 0.3) is 0 Å². The van der Waals surface area contributed by atoms with E-state index in [4.69, 9.17) is 27.9 Å². The minimum absolute atomic E-state index is 0.322. The molecule has 0 radical (unpaired) electrons. The molecule has 0 spiro atoms. The first-order valence-electron chi connectivity index (χ1n) is 6.44. The SMILES string of the molecule is C=C1CC(c2ccc(Cl)cc2)(c2ccc(Cl)cc2)C(=O)O1. The monoisotopic (exact) mass is 318 g/mol. The first-order valence-corrected chi connectivity index (χ1v) is 7.20. The fraction of sp³-hybridized carbons (Fsp3) is 0.118. The molecule has 1 heterocycles. The summed E-state index contributed by atoms with van der Waals surface area (Å²) in [5.74, 6) is 0.141. The lowest BCUT2D eigenvalue weighted by molar-refractivity contribution is -0.139. The van der Waals surface area contributed by atoms with Gasteiger partial charge in [-0.1, -0.05) is 54.0 Å². The Kier molecular flexibility index (Phi) is 3.52. The van der Waals surface area contributed by atoms with E-state index in [2.05, 4.69) is 6.58 Å². The summed E-state index contributed by atoms with van der Waals surface area (Å²) >= 11 is 11.9. The molecule has 3 rings (SSSR count). The topological polar surface area (TPSA) is 26.3 Å². The van der Waals surface area contributed by atoms with Gasteiger partial charge in [0.05, 0.1) is 0 Å². The Bertz CT molecular complexity index is 657. The second-order valence-electron chi connectivity index (χ2n) is 5.02. The Morgan fingerprint density at radius 1 is 0.905 bits per heavy atom. The number of carbonyl (C=O) groups excluding carboxylic acids is 1. The van der Waals surface area contributed by atoms with Crippen LogP contribution in [0.2, 0.25) is 10.0 Å². The molecule has 4 heteroatoms. The maximum Gasteiger partial charge on any atom is 0.326 e. The van der Waals surface area contributed by atoms with Crippen molar-refractivity contribution in [2.24, 2.45) is 0 Å². The molecule has 0 bridgehead atoms. The van der Waals surface area contributed by atoms with Crippen LogP contribution in [-0.4, -0.2) is 5.97 Å². The molecule has 0 atom stereocenters. The molecule has 106 valence electrons. The summed E-state index contributed by atoms with van der Waals surface area (Å²) in [5.41, 5.74) is 0.780. The minimum atomic E-state index is -0.883. The summed E-state index contributed by atoms with van der Waals surface area (Å²) in [6, 6.07) is 14.4. The lowest BCUT2D eigenvalue weighted by Gasteiger charge is -2.25. The predicted molar refractivity (Wildman–Crippen MR) is 83.5 cm³/mol. The van der Waals surface area contributed by atoms with Gasteiger partial charge >= 0.3 is 5.97 Å². The third-order valence-electron chi connectivity index (χ3n) is 3.72. The van der Waals surface area contributed by atoms with E-state index in [0.29, 0.717) is 22.2 Å². The van der Waals surface area contributed by atoms with Crippen molar-refractivity contribution in [2.75, 3.05) is 0 Å². The van der Waals surface area contributed by atoms with E-state index in [1.807, 2.05) is 24.3 Å². The lowest BCUT2D eigenvalue weighted by atomic mass is 9.73. The first-order chi connectivity index (χ1) is 10.0. The normalized spacial score (nSPS) is 16.9. The molecule has 0 N–H and O–H groups in total. The van der Waals surface area contributed by atoms with Gasteiger partial charge in [0.1, 0.15) is 11.2 Å². The molecule has 1 aliphatic rings. The van der Waals surface area contributed by atoms with Gasteiger partial charge in [-0.15, -0.1) is 0 Å². The van der Waals surface area contributed by atoms with Gasteiger partial charge in [0.2, 0.25) is 0 Å². The molecule has 1 saturated heterocycles. The Labute approximate surface area is 132 Å². The van der Waals surface area contributed by atoms with Crippen LogP contribution in [0.15, 0.2) is 60.9 Å². The summed E-state index contributed by atoms with van der Waals surface area (Å²) in [5, 5.41) is 1.24. The van der Waals surface area contributed by atoms with Gasteiger partial charge in [-0.2, -0.15) is 0 Å². The molecule has 0 aromatic heterocycles. The van der Waals surface area contributed by atoms with Crippen molar-refractivity contribution in [2.45, 2.75) is 11.8 Å². The molecule has 0 amide bonds. The molecule has 0 aliphatic carbocycles. The van der Waals surface area contributed by atoms with Gasteiger partial charge in [-0.3, -0.25) is 4.79 Å². The standard InChI is InChI=1S/C17H12Cl2O2/c1-11-10-17(16(20)21-11,12-2-6-14(18)7-3-12)13-4-8-15(19)9-5-13/h2-9H,1,10H2. The lowest BCUT2D eigenvalue weighted by Crippen LogP contribution is -2.32. The molecule has 1 fully saturated rings. The fourth-order valence-corrected chi connectivity index (χ4v) is 2.95. The van der Waals surface area contributed by atoms with Crippen LogP contribution in [0, 0.1) is 0 Å². The maximum atomic E-state index is 12.5. The van der Waals surface area contributed by atoms with Crippen LogP contribution in [-0.2, 0) is 14.9 Å². The van der Waals surface area contributed by atoms with E-state index in [0.717, 1.165) is 11.1 Å². The summed E-state index contributed by atoms with van der Waals surface area (Å²) in [7, 11) is 0. The van der Waals surface area contributed by atoms with E-state index in [1.54, 1.807) is 24.3 Å². The Morgan fingerprint density at radius 3 is 1.67 bits per heavy atom. The number of allylic oxidation sites excluding steroid dienone is 1. The van der Waals surface area contributed by atoms with E-state index in [-0.39, 0.29) is 5.97 Å². The minimum Gasteiger partial charge on any atom is -0.431 e. The van der Waals surface area contributed by atoms with Crippen molar-refractivity contribution in [3.63, 3.8) is 0 Å². The van der Waals surface area contributed by atoms with E-state index >= 15 is 0 Å². The van der Waals surface area contributed by atoms with Gasteiger partial charge in [0, 0.05) is 16.5 Å². The summed E-state index contributed by atoms with van der Waals surface area (Å²) in [6.07, 6.45) is 0.412. The van der Waals surface area contributed by atoms with E-state index < -0.39 is 5.41 Å². The van der Waals surface area contributed by atoms with Crippen LogP contribution in [0.3, 0.4) is 0 Å². The van der Waals surface area contributed by atoms with Crippen LogP contribution < -0.4 is 0 Å². The maximum absolute atomic E-state index is 12.5. The largest absolute Gasteiger partial charge is 0.431 e. The highest BCUT2D eigenvalue weighted by Gasteiger charge is 2.49. The van der Waals surface area contributed by atoms with Crippen LogP contribution in [0.1, 0.15) is 17.5 Å². The average Bonchev–Trinajstić information content (AvgIpc) is 2.76. The molecule has 21 heavy (non-hydrogen) atoms. The number of rotatable bonds is 2. The quantitative estimate of drug-likeness (QED) is 0.747. The van der Waals surface area contributed by atoms with Crippen LogP contribution in [0.4, 0.5) is 0 Å². The molecule has 0 saturated carbocycles. The zero-order valence-electron chi connectivity index (χ0n) is 11.1. The molecule has 1 aliphatic heterocycles. The van der Waals surface area contributed by atoms with Gasteiger partial charge in [-0.25, -0.2) is 0 Å². The molecule has 2 aromatic carbocycles. The number of ether oxygens (including phenoxy) is 1. The van der Waals surface area contributed by atoms with Gasteiger partial charge < -0.3 is 4.74 Å². The predicted octanol–water partition coefficient (Wildman–Crippen LogP) is 4.74. The van der Waals surface area contributed by atoms with Crippen LogP contribution >= 0.6 is 23.2 Å². The molecule has 2 nitrogen and oxygen atoms in total. The van der Waals surface area contributed by atoms with Crippen LogP contribution in [0.25, 0.3) is 0 Å². The molecular formula is C17H12Cl2O2. The van der Waals surface area contributed by atoms with E-state index in [1.165, 1.54) is 0 Å². The second-order valence-corrected chi connectivity index (χ2v) is 5.90. The summed E-state index contributed by atoms with van der Waals surface area (Å²) in [6.45, 7) is 3.79. The van der Waals surface area contributed by atoms with Crippen molar-refractivity contribution in [1.29, 1.82) is 0 Å². The van der Waals surface area contributed by atoms with Crippen molar-refractivity contribution < 1.29 is 9.53 Å². The number of hydrogen-bond donors (Lipinski definition) is 0. The number of cyclic esters (lactones) is 1. The zero-order valence-corrected chi connectivity index (χ0v) is 12.6. The smallest absolute Gasteiger partial charge is 0.326 e. The first kappa shape index (κ1) is 14.2. The highest BCUT2D eigenvalue weighted by Crippen LogP contribution is 2.44. The highest BCUT2D eigenvalue weighted by molar-refractivity contribution is 6.30. The number of hydrogen-bond acceptors (Lipinski definition) is 2. The van der Waals surface area contributed by atoms with Crippen LogP contribution in [0.5, 0.6) is 0 Å². The summed E-state index contributed by atoms with van der Waals surface area (Å²) in [4.78, 5) is 12.5. The van der Waals surface area contributed by atoms with Crippen molar-refractivity contribution in [3.05, 3.63) is 82.0 Å². The van der Waals surface area contributed by atoms with Crippen molar-refractivity contribution in [1.82, 2.24) is 0 Å². The number of esters is 1.